The zero-order valence-corrected chi connectivity index (χ0v) is 22.2. The highest BCUT2D eigenvalue weighted by molar-refractivity contribution is 5.89. The Balaban J connectivity index is 2.01. The van der Waals surface area contributed by atoms with Crippen LogP contribution < -0.4 is 31.1 Å². The molecule has 5 N–H and O–H groups in total. The average molecular weight is 482 g/mol. The van der Waals surface area contributed by atoms with Crippen LogP contribution in [-0.2, 0) is 0 Å². The molecule has 0 bridgehead atoms. The van der Waals surface area contributed by atoms with Gasteiger partial charge in [0.05, 0.1) is 13.1 Å². The lowest BCUT2D eigenvalue weighted by molar-refractivity contribution is 0.214. The van der Waals surface area contributed by atoms with Gasteiger partial charge in [0.1, 0.15) is 5.69 Å². The third kappa shape index (κ3) is 6.47. The third-order valence-corrected chi connectivity index (χ3v) is 6.91. The molecule has 1 aliphatic heterocycles. The van der Waals surface area contributed by atoms with Gasteiger partial charge in [0.15, 0.2) is 5.69 Å². The van der Waals surface area contributed by atoms with E-state index >= 15 is 0 Å². The van der Waals surface area contributed by atoms with Crippen LogP contribution in [0.1, 0.15) is 47.0 Å². The molecule has 0 fully saturated rings. The molecule has 3 rings (SSSR count). The summed E-state index contributed by atoms with van der Waals surface area (Å²) in [7, 11) is 1.62. The number of nitrogens with two attached hydrogens (primary N) is 1. The number of para-hydroxylation sites is 2. The van der Waals surface area contributed by atoms with E-state index in [1.807, 2.05) is 12.1 Å². The minimum Gasteiger partial charge on any atom is -0.341 e. The van der Waals surface area contributed by atoms with Crippen LogP contribution in [0.5, 0.6) is 0 Å². The molecule has 0 radical (unpaired) electrons. The molecule has 0 saturated heterocycles. The molecule has 0 aliphatic carbocycles. The highest BCUT2D eigenvalue weighted by Gasteiger charge is 2.50. The standard InChI is InChI=1S/C28H44N6O/c1-21(2)15-18-33-25-9-6-7-10-26(25)34(19-8-17-29,20-16-22(3)4)28(33)32-24-13-11-23(12-14-24)31-27(35)30-5/h6-7,9-14,21-22,28,32H,8,15-20,29H2,1-5H3,(H-,30,31,35)/p+1. The fourth-order valence-corrected chi connectivity index (χ4v) is 4.91. The number of anilines is 3. The Hall–Kier alpha value is -2.77. The summed E-state index contributed by atoms with van der Waals surface area (Å²) >= 11 is 0. The van der Waals surface area contributed by atoms with Crippen LogP contribution in [-0.4, -0.2) is 45.5 Å². The summed E-state index contributed by atoms with van der Waals surface area (Å²) in [6, 6.07) is 16.7. The van der Waals surface area contributed by atoms with Crippen LogP contribution in [0.25, 0.3) is 0 Å². The molecule has 0 spiro atoms. The molecule has 0 saturated carbocycles. The Morgan fingerprint density at radius 1 is 0.971 bits per heavy atom. The fourth-order valence-electron chi connectivity index (χ4n) is 4.91. The van der Waals surface area contributed by atoms with Crippen molar-refractivity contribution in [3.63, 3.8) is 0 Å². The molecule has 1 aliphatic rings. The zero-order valence-electron chi connectivity index (χ0n) is 22.2. The molecular formula is C28H45N6O+. The summed E-state index contributed by atoms with van der Waals surface area (Å²) < 4.78 is 0.863. The minimum absolute atomic E-state index is 0.0780. The quantitative estimate of drug-likeness (QED) is 0.306. The number of nitrogens with zero attached hydrogens (tertiary/aromatic N) is 2. The van der Waals surface area contributed by atoms with Gasteiger partial charge in [-0.15, -0.1) is 0 Å². The Morgan fingerprint density at radius 2 is 1.63 bits per heavy atom. The highest BCUT2D eigenvalue weighted by atomic mass is 16.2. The van der Waals surface area contributed by atoms with Gasteiger partial charge in [0.25, 0.3) is 0 Å². The summed E-state index contributed by atoms with van der Waals surface area (Å²) in [5, 5.41) is 9.34. The number of fused-ring (bicyclic) bond motifs is 1. The lowest BCUT2D eigenvalue weighted by Gasteiger charge is -2.42. The maximum absolute atomic E-state index is 11.7. The Labute approximate surface area is 211 Å². The van der Waals surface area contributed by atoms with Crippen molar-refractivity contribution < 1.29 is 4.79 Å². The van der Waals surface area contributed by atoms with Gasteiger partial charge in [-0.2, -0.15) is 0 Å². The normalized spacial score (nSPS) is 19.2. The molecule has 7 nitrogen and oxygen atoms in total. The maximum atomic E-state index is 11.7. The van der Waals surface area contributed by atoms with E-state index in [9.17, 15) is 4.79 Å². The second-order valence-corrected chi connectivity index (χ2v) is 10.5. The van der Waals surface area contributed by atoms with E-state index in [1.165, 1.54) is 11.4 Å². The number of carbonyl (C=O) groups excluding carboxylic acids is 1. The number of rotatable bonds is 12. The van der Waals surface area contributed by atoms with Crippen LogP contribution >= 0.6 is 0 Å². The zero-order chi connectivity index (χ0) is 25.4. The number of urea groups is 1. The predicted octanol–water partition coefficient (Wildman–Crippen LogP) is 5.40. The summed E-state index contributed by atoms with van der Waals surface area (Å²) in [5.41, 5.74) is 10.6. The number of hydrogen-bond acceptors (Lipinski definition) is 4. The molecular weight excluding hydrogens is 436 g/mol. The van der Waals surface area contributed by atoms with Gasteiger partial charge in [0.2, 0.25) is 6.29 Å². The van der Waals surface area contributed by atoms with E-state index in [-0.39, 0.29) is 12.3 Å². The van der Waals surface area contributed by atoms with Gasteiger partial charge < -0.3 is 21.7 Å². The number of carbonyl (C=O) groups is 1. The molecule has 1 heterocycles. The van der Waals surface area contributed by atoms with Crippen molar-refractivity contribution >= 4 is 28.8 Å². The van der Waals surface area contributed by atoms with Gasteiger partial charge in [-0.25, -0.2) is 4.79 Å². The minimum atomic E-state index is -0.219. The molecule has 2 aromatic carbocycles. The van der Waals surface area contributed by atoms with Gasteiger partial charge in [-0.1, -0.05) is 39.8 Å². The Morgan fingerprint density at radius 3 is 2.26 bits per heavy atom. The van der Waals surface area contributed by atoms with Crippen LogP contribution in [0.3, 0.4) is 0 Å². The van der Waals surface area contributed by atoms with Gasteiger partial charge in [0, 0.05) is 37.5 Å². The summed E-state index contributed by atoms with van der Waals surface area (Å²) in [6.45, 7) is 12.9. The highest BCUT2D eigenvalue weighted by Crippen LogP contribution is 2.46. The first-order valence-electron chi connectivity index (χ1n) is 13.1. The lowest BCUT2D eigenvalue weighted by atomic mass is 10.1. The van der Waals surface area contributed by atoms with Crippen LogP contribution in [0, 0.1) is 11.8 Å². The number of benzene rings is 2. The molecule has 35 heavy (non-hydrogen) atoms. The topological polar surface area (TPSA) is 82.4 Å². The predicted molar refractivity (Wildman–Crippen MR) is 150 cm³/mol. The largest absolute Gasteiger partial charge is 0.341 e. The maximum Gasteiger partial charge on any atom is 0.318 e. The van der Waals surface area contributed by atoms with Crippen molar-refractivity contribution in [3.05, 3.63) is 48.5 Å². The van der Waals surface area contributed by atoms with Gasteiger partial charge >= 0.3 is 6.03 Å². The van der Waals surface area contributed by atoms with Crippen LogP contribution in [0.15, 0.2) is 48.5 Å². The summed E-state index contributed by atoms with van der Waals surface area (Å²) in [6.07, 6.45) is 3.32. The number of nitrogens with one attached hydrogen (secondary N) is 3. The van der Waals surface area contributed by atoms with E-state index in [0.717, 1.165) is 54.8 Å². The van der Waals surface area contributed by atoms with Gasteiger partial charge in [-0.05, 0) is 61.6 Å². The van der Waals surface area contributed by atoms with Crippen molar-refractivity contribution in [1.29, 1.82) is 0 Å². The molecule has 2 atom stereocenters. The fraction of sp³-hybridized carbons (Fsp3) is 0.536. The van der Waals surface area contributed by atoms with Crippen molar-refractivity contribution in [2.75, 3.05) is 48.8 Å². The molecule has 192 valence electrons. The molecule has 2 aromatic rings. The van der Waals surface area contributed by atoms with Crippen molar-refractivity contribution in [2.45, 2.75) is 53.2 Å². The van der Waals surface area contributed by atoms with E-state index in [1.54, 1.807) is 7.05 Å². The van der Waals surface area contributed by atoms with Gasteiger partial charge in [-0.3, -0.25) is 9.38 Å². The summed E-state index contributed by atoms with van der Waals surface area (Å²) in [4.78, 5) is 14.3. The molecule has 2 amide bonds. The van der Waals surface area contributed by atoms with Crippen LogP contribution in [0.2, 0.25) is 0 Å². The third-order valence-electron chi connectivity index (χ3n) is 6.91. The molecule has 7 heteroatoms. The van der Waals surface area contributed by atoms with E-state index in [2.05, 4.69) is 84.9 Å². The number of amides is 2. The first-order valence-corrected chi connectivity index (χ1v) is 13.1. The van der Waals surface area contributed by atoms with Crippen molar-refractivity contribution in [3.8, 4) is 0 Å². The Bertz CT molecular complexity index is 945. The average Bonchev–Trinajstić information content (AvgIpc) is 3.10. The van der Waals surface area contributed by atoms with E-state index in [4.69, 9.17) is 5.73 Å². The van der Waals surface area contributed by atoms with Crippen LogP contribution in [0.4, 0.5) is 27.5 Å². The number of quaternary nitrogens is 1. The molecule has 0 aromatic heterocycles. The second-order valence-electron chi connectivity index (χ2n) is 10.5. The van der Waals surface area contributed by atoms with Crippen molar-refractivity contribution in [2.24, 2.45) is 17.6 Å². The summed E-state index contributed by atoms with van der Waals surface area (Å²) in [5.74, 6) is 1.25. The SMILES string of the molecule is CNC(=O)Nc1ccc(NC2N(CCC(C)C)c3ccccc3[N+]2(CCCN)CCC(C)C)cc1. The van der Waals surface area contributed by atoms with E-state index < -0.39 is 0 Å². The van der Waals surface area contributed by atoms with Crippen molar-refractivity contribution in [1.82, 2.24) is 9.80 Å². The second kappa shape index (κ2) is 12.3. The lowest BCUT2D eigenvalue weighted by Crippen LogP contribution is -2.64. The first-order chi connectivity index (χ1) is 16.8. The Kier molecular flexibility index (Phi) is 9.40. The molecule has 2 unspecified atom stereocenters. The number of hydrogen-bond donors (Lipinski definition) is 4. The van der Waals surface area contributed by atoms with E-state index in [0.29, 0.717) is 18.4 Å². The smallest absolute Gasteiger partial charge is 0.318 e. The first kappa shape index (κ1) is 26.8. The monoisotopic (exact) mass is 481 g/mol.